The quantitative estimate of drug-likeness (QED) is 0.282. The summed E-state index contributed by atoms with van der Waals surface area (Å²) in [4.78, 5) is 23.7. The SMILES string of the molecule is [B][B]SCCC(NC(=O)C(CCS[B][B])N[B]C(C)CC)C(=O)O. The molecule has 7 radical (unpaired) electrons. The molecule has 3 N–H and O–H groups in total. The fraction of sp³-hybridized carbons (Fsp3) is 0.833. The van der Waals surface area contributed by atoms with E-state index in [9.17, 15) is 14.7 Å². The van der Waals surface area contributed by atoms with Crippen molar-refractivity contribution in [3.05, 3.63) is 0 Å². The van der Waals surface area contributed by atoms with E-state index in [1.54, 1.807) is 0 Å². The lowest BCUT2D eigenvalue weighted by atomic mass is 9.74. The van der Waals surface area contributed by atoms with E-state index < -0.39 is 18.1 Å². The third-order valence-corrected chi connectivity index (χ3v) is 4.73. The smallest absolute Gasteiger partial charge is 0.326 e. The van der Waals surface area contributed by atoms with E-state index in [2.05, 4.69) is 17.5 Å². The Morgan fingerprint density at radius 1 is 1.12 bits per heavy atom. The molecule has 0 rings (SSSR count). The molecule has 12 heteroatoms. The number of aliphatic carboxylic acids is 1. The highest BCUT2D eigenvalue weighted by atomic mass is 32.2. The Balaban J connectivity index is 4.62. The normalized spacial score (nSPS) is 14.2. The molecule has 24 heavy (non-hydrogen) atoms. The molecule has 0 aromatic rings. The van der Waals surface area contributed by atoms with Gasteiger partial charge in [0.2, 0.25) is 13.3 Å². The average molecular weight is 361 g/mol. The van der Waals surface area contributed by atoms with Crippen molar-refractivity contribution >= 4 is 70.9 Å². The molecule has 1 amide bonds. The molecule has 0 bridgehead atoms. The number of carbonyl (C=O) groups excluding carboxylic acids is 1. The van der Waals surface area contributed by atoms with E-state index >= 15 is 0 Å². The van der Waals surface area contributed by atoms with Crippen LogP contribution in [0.25, 0.3) is 0 Å². The Morgan fingerprint density at radius 2 is 1.67 bits per heavy atom. The van der Waals surface area contributed by atoms with E-state index in [1.165, 1.54) is 36.1 Å². The van der Waals surface area contributed by atoms with Crippen molar-refractivity contribution in [3.8, 4) is 0 Å². The summed E-state index contributed by atoms with van der Waals surface area (Å²) in [6.07, 6.45) is 4.71. The van der Waals surface area contributed by atoms with Gasteiger partial charge in [-0.2, -0.15) is 0 Å². The first-order valence-electron chi connectivity index (χ1n) is 7.88. The summed E-state index contributed by atoms with van der Waals surface area (Å²) in [6.45, 7) is 4.11. The predicted molar refractivity (Wildman–Crippen MR) is 109 cm³/mol. The molecule has 3 atom stereocenters. The molecule has 0 aliphatic carbocycles. The maximum absolute atomic E-state index is 12.4. The lowest BCUT2D eigenvalue weighted by molar-refractivity contribution is -0.142. The van der Waals surface area contributed by atoms with Crippen LogP contribution in [0.2, 0.25) is 5.82 Å². The van der Waals surface area contributed by atoms with Crippen LogP contribution in [0.3, 0.4) is 0 Å². The number of carboxylic acids is 1. The van der Waals surface area contributed by atoms with Crippen LogP contribution in [0.15, 0.2) is 0 Å². The van der Waals surface area contributed by atoms with Crippen molar-refractivity contribution in [1.82, 2.24) is 10.5 Å². The molecule has 3 unspecified atom stereocenters. The maximum Gasteiger partial charge on any atom is 0.326 e. The molecule has 0 aromatic heterocycles. The van der Waals surface area contributed by atoms with Gasteiger partial charge in [-0.05, 0) is 24.3 Å². The average Bonchev–Trinajstić information content (AvgIpc) is 2.56. The van der Waals surface area contributed by atoms with Gasteiger partial charge in [-0.15, -0.1) is 0 Å². The van der Waals surface area contributed by atoms with Crippen LogP contribution in [0, 0.1) is 0 Å². The first-order valence-corrected chi connectivity index (χ1v) is 9.98. The van der Waals surface area contributed by atoms with Crippen LogP contribution in [-0.4, -0.2) is 76.4 Å². The first-order chi connectivity index (χ1) is 11.5. The van der Waals surface area contributed by atoms with E-state index in [4.69, 9.17) is 15.5 Å². The van der Waals surface area contributed by atoms with Gasteiger partial charge in [0.05, 0.1) is 6.04 Å². The van der Waals surface area contributed by atoms with Gasteiger partial charge >= 0.3 is 5.97 Å². The Morgan fingerprint density at radius 3 is 2.12 bits per heavy atom. The largest absolute Gasteiger partial charge is 0.480 e. The van der Waals surface area contributed by atoms with E-state index in [0.29, 0.717) is 30.2 Å². The summed E-state index contributed by atoms with van der Waals surface area (Å²) in [5, 5.41) is 15.0. The van der Waals surface area contributed by atoms with Crippen LogP contribution in [0.1, 0.15) is 33.1 Å². The second-order valence-electron chi connectivity index (χ2n) is 5.26. The van der Waals surface area contributed by atoms with Crippen molar-refractivity contribution in [2.24, 2.45) is 0 Å². The molecular weight excluding hydrogens is 338 g/mol. The molecule has 0 aliphatic rings. The van der Waals surface area contributed by atoms with Crippen molar-refractivity contribution in [1.29, 1.82) is 0 Å². The van der Waals surface area contributed by atoms with Crippen molar-refractivity contribution in [2.75, 3.05) is 11.5 Å². The van der Waals surface area contributed by atoms with Crippen LogP contribution in [0.5, 0.6) is 0 Å². The number of amides is 1. The van der Waals surface area contributed by atoms with E-state index in [1.807, 2.05) is 14.3 Å². The molecule has 0 aromatic carbocycles. The Bertz CT molecular complexity index is 372. The number of rotatable bonds is 15. The monoisotopic (exact) mass is 361 g/mol. The number of nitrogens with one attached hydrogen (secondary N) is 2. The van der Waals surface area contributed by atoms with E-state index in [0.717, 1.165) is 6.42 Å². The summed E-state index contributed by atoms with van der Waals surface area (Å²) in [7, 11) is 12.5. The first kappa shape index (κ1) is 23.9. The zero-order valence-electron chi connectivity index (χ0n) is 14.2. The maximum atomic E-state index is 12.4. The lowest BCUT2D eigenvalue weighted by Crippen LogP contribution is -2.51. The van der Waals surface area contributed by atoms with Crippen molar-refractivity contribution in [2.45, 2.75) is 51.0 Å². The fourth-order valence-corrected chi connectivity index (χ4v) is 2.74. The molecule has 0 spiro atoms. The second-order valence-corrected chi connectivity index (χ2v) is 7.29. The minimum atomic E-state index is -1.05. The zero-order chi connectivity index (χ0) is 18.4. The molecule has 5 nitrogen and oxygen atoms in total. The summed E-state index contributed by atoms with van der Waals surface area (Å²) < 4.78 is 0. The van der Waals surface area contributed by atoms with Gasteiger partial charge in [-0.1, -0.05) is 26.1 Å². The van der Waals surface area contributed by atoms with Crippen molar-refractivity contribution < 1.29 is 14.7 Å². The third kappa shape index (κ3) is 11.5. The zero-order valence-corrected chi connectivity index (χ0v) is 15.9. The Hall–Kier alpha value is -0.0753. The molecule has 0 saturated heterocycles. The third-order valence-electron chi connectivity index (χ3n) is 3.40. The van der Waals surface area contributed by atoms with E-state index in [-0.39, 0.29) is 5.91 Å². The highest BCUT2D eigenvalue weighted by Gasteiger charge is 2.25. The Kier molecular flexibility index (Phi) is 15.2. The number of carboxylic acid groups (broad SMARTS) is 1. The highest BCUT2D eigenvalue weighted by Crippen LogP contribution is 2.08. The van der Waals surface area contributed by atoms with Gasteiger partial charge in [0.15, 0.2) is 0 Å². The molecule has 0 fully saturated rings. The summed E-state index contributed by atoms with van der Waals surface area (Å²) in [5.41, 5.74) is 0. The van der Waals surface area contributed by atoms with Gasteiger partial charge in [0.1, 0.15) is 18.9 Å². The van der Waals surface area contributed by atoms with Gasteiger partial charge < -0.3 is 15.7 Å². The van der Waals surface area contributed by atoms with Crippen LogP contribution < -0.4 is 10.5 Å². The lowest BCUT2D eigenvalue weighted by Gasteiger charge is -2.22. The Labute approximate surface area is 158 Å². The van der Waals surface area contributed by atoms with Crippen LogP contribution >= 0.6 is 23.2 Å². The summed E-state index contributed by atoms with van der Waals surface area (Å²) >= 11 is 2.74. The molecular formula is C12H22B5N2O3S2. The fourth-order valence-electron chi connectivity index (χ4n) is 1.73. The number of hydrogen-bond donors (Lipinski definition) is 3. The van der Waals surface area contributed by atoms with Gasteiger partial charge in [0.25, 0.3) is 0 Å². The van der Waals surface area contributed by atoms with Crippen molar-refractivity contribution in [3.63, 3.8) is 0 Å². The van der Waals surface area contributed by atoms with Gasteiger partial charge in [-0.3, -0.25) is 4.79 Å². The topological polar surface area (TPSA) is 78.4 Å². The van der Waals surface area contributed by atoms with Crippen LogP contribution in [-0.2, 0) is 9.59 Å². The van der Waals surface area contributed by atoms with Gasteiger partial charge in [-0.25, -0.2) is 28.0 Å². The minimum Gasteiger partial charge on any atom is -0.480 e. The highest BCUT2D eigenvalue weighted by molar-refractivity contribution is 8.26. The summed E-state index contributed by atoms with van der Waals surface area (Å²) in [6, 6.07) is -1.41. The second kappa shape index (κ2) is 15.2. The predicted octanol–water partition coefficient (Wildman–Crippen LogP) is 0.00360. The standard InChI is InChI=1S/C12H22B5N2O3S2/c1-3-8(2)15-19-9(4-6-23-16-13)11(20)18-10(12(21)22)5-7-24-17-14/h8-10,19H,3-7H2,1-2H3,(H,18,20)(H,21,22). The number of hydrogen-bond acceptors (Lipinski definition) is 5. The molecule has 0 saturated carbocycles. The minimum absolute atomic E-state index is 0.312. The van der Waals surface area contributed by atoms with Gasteiger partial charge in [0, 0.05) is 15.5 Å². The number of carbonyl (C=O) groups is 2. The molecule has 0 aliphatic heterocycles. The molecule has 125 valence electrons. The van der Waals surface area contributed by atoms with Crippen LogP contribution in [0.4, 0.5) is 0 Å². The summed E-state index contributed by atoms with van der Waals surface area (Å²) in [5.74, 6) is 0.159. The molecule has 0 heterocycles.